The standard InChI is InChI=1S/C13H16N4O4.ClH/c14-8-12(18)16-7-1-2-11(16)13(19)15-9-3-5-10(6-4-9)17(20)21;/h3-6,11H,1-2,7-8,14H2,(H,15,19);1H. The number of anilines is 1. The second-order valence-corrected chi connectivity index (χ2v) is 4.74. The Morgan fingerprint density at radius 3 is 2.55 bits per heavy atom. The van der Waals surface area contributed by atoms with E-state index >= 15 is 0 Å². The number of carbonyl (C=O) groups is 2. The Balaban J connectivity index is 0.00000242. The van der Waals surface area contributed by atoms with Crippen molar-refractivity contribution in [3.05, 3.63) is 34.4 Å². The fraction of sp³-hybridized carbons (Fsp3) is 0.385. The number of halogens is 1. The lowest BCUT2D eigenvalue weighted by Gasteiger charge is -2.23. The maximum Gasteiger partial charge on any atom is 0.269 e. The minimum atomic E-state index is -0.531. The second kappa shape index (κ2) is 7.71. The van der Waals surface area contributed by atoms with Crippen LogP contribution in [-0.4, -0.2) is 40.8 Å². The third-order valence-electron chi connectivity index (χ3n) is 3.40. The van der Waals surface area contributed by atoms with Crippen LogP contribution >= 0.6 is 12.4 Å². The summed E-state index contributed by atoms with van der Waals surface area (Å²) in [6, 6.07) is 5.01. The molecular formula is C13H17ClN4O4. The van der Waals surface area contributed by atoms with E-state index in [-0.39, 0.29) is 36.5 Å². The van der Waals surface area contributed by atoms with E-state index in [0.717, 1.165) is 6.42 Å². The van der Waals surface area contributed by atoms with Gasteiger partial charge in [-0.05, 0) is 25.0 Å². The highest BCUT2D eigenvalue weighted by Gasteiger charge is 2.33. The molecule has 1 unspecified atom stereocenters. The summed E-state index contributed by atoms with van der Waals surface area (Å²) in [5, 5.41) is 13.2. The van der Waals surface area contributed by atoms with Gasteiger partial charge in [0.05, 0.1) is 11.5 Å². The molecule has 3 N–H and O–H groups in total. The summed E-state index contributed by atoms with van der Waals surface area (Å²) in [5.74, 6) is -0.556. The lowest BCUT2D eigenvalue weighted by atomic mass is 10.2. The van der Waals surface area contributed by atoms with Crippen LogP contribution in [0.5, 0.6) is 0 Å². The number of nitro benzene ring substituents is 1. The summed E-state index contributed by atoms with van der Waals surface area (Å²) >= 11 is 0. The first-order valence-electron chi connectivity index (χ1n) is 6.58. The van der Waals surface area contributed by atoms with Crippen LogP contribution in [0.2, 0.25) is 0 Å². The number of likely N-dealkylation sites (tertiary alicyclic amines) is 1. The summed E-state index contributed by atoms with van der Waals surface area (Å²) in [7, 11) is 0. The molecule has 0 saturated carbocycles. The topological polar surface area (TPSA) is 119 Å². The van der Waals surface area contributed by atoms with Gasteiger partial charge in [-0.2, -0.15) is 0 Å². The molecule has 1 aromatic carbocycles. The highest BCUT2D eigenvalue weighted by Crippen LogP contribution is 2.20. The molecule has 0 bridgehead atoms. The third-order valence-corrected chi connectivity index (χ3v) is 3.40. The molecule has 0 aromatic heterocycles. The quantitative estimate of drug-likeness (QED) is 0.629. The molecule has 2 rings (SSSR count). The van der Waals surface area contributed by atoms with Crippen molar-refractivity contribution >= 4 is 35.6 Å². The van der Waals surface area contributed by atoms with Crippen LogP contribution in [0.3, 0.4) is 0 Å². The first kappa shape index (κ1) is 17.9. The van der Waals surface area contributed by atoms with E-state index in [9.17, 15) is 19.7 Å². The van der Waals surface area contributed by atoms with E-state index in [2.05, 4.69) is 5.32 Å². The minimum Gasteiger partial charge on any atom is -0.330 e. The van der Waals surface area contributed by atoms with Crippen molar-refractivity contribution in [2.45, 2.75) is 18.9 Å². The van der Waals surface area contributed by atoms with Gasteiger partial charge in [-0.3, -0.25) is 19.7 Å². The molecule has 1 aromatic rings. The fourth-order valence-corrected chi connectivity index (χ4v) is 2.35. The molecule has 1 fully saturated rings. The van der Waals surface area contributed by atoms with Crippen molar-refractivity contribution in [1.82, 2.24) is 4.90 Å². The van der Waals surface area contributed by atoms with Gasteiger partial charge >= 0.3 is 0 Å². The van der Waals surface area contributed by atoms with E-state index in [1.807, 2.05) is 0 Å². The molecule has 1 saturated heterocycles. The Bertz CT molecular complexity index is 564. The number of benzene rings is 1. The number of non-ortho nitro benzene ring substituents is 1. The number of hydrogen-bond donors (Lipinski definition) is 2. The molecule has 9 heteroatoms. The lowest BCUT2D eigenvalue weighted by Crippen LogP contribution is -2.45. The molecule has 1 aliphatic heterocycles. The second-order valence-electron chi connectivity index (χ2n) is 4.74. The smallest absolute Gasteiger partial charge is 0.269 e. The Hall–Kier alpha value is -2.19. The van der Waals surface area contributed by atoms with Crippen LogP contribution in [0.1, 0.15) is 12.8 Å². The van der Waals surface area contributed by atoms with Crippen LogP contribution in [0, 0.1) is 10.1 Å². The number of rotatable bonds is 4. The molecule has 2 amide bonds. The number of nitrogens with one attached hydrogen (secondary N) is 1. The van der Waals surface area contributed by atoms with Gasteiger partial charge in [0, 0.05) is 24.4 Å². The number of nitro groups is 1. The normalized spacial score (nSPS) is 16.8. The van der Waals surface area contributed by atoms with Gasteiger partial charge in [0.25, 0.3) is 5.69 Å². The number of nitrogens with two attached hydrogens (primary N) is 1. The SMILES string of the molecule is Cl.NCC(=O)N1CCCC1C(=O)Nc1ccc([N+](=O)[O-])cc1. The Labute approximate surface area is 133 Å². The van der Waals surface area contributed by atoms with Gasteiger partial charge < -0.3 is 16.0 Å². The third kappa shape index (κ3) is 3.92. The van der Waals surface area contributed by atoms with Crippen molar-refractivity contribution in [3.63, 3.8) is 0 Å². The first-order chi connectivity index (χ1) is 10.0. The molecule has 1 atom stereocenters. The van der Waals surface area contributed by atoms with Crippen molar-refractivity contribution in [2.75, 3.05) is 18.4 Å². The lowest BCUT2D eigenvalue weighted by molar-refractivity contribution is -0.384. The van der Waals surface area contributed by atoms with Crippen molar-refractivity contribution < 1.29 is 14.5 Å². The van der Waals surface area contributed by atoms with Gasteiger partial charge in [0.15, 0.2) is 0 Å². The maximum atomic E-state index is 12.2. The molecule has 1 aliphatic rings. The van der Waals surface area contributed by atoms with Gasteiger partial charge in [-0.25, -0.2) is 0 Å². The Morgan fingerprint density at radius 2 is 2.00 bits per heavy atom. The van der Waals surface area contributed by atoms with Gasteiger partial charge in [-0.15, -0.1) is 12.4 Å². The van der Waals surface area contributed by atoms with Crippen LogP contribution in [-0.2, 0) is 9.59 Å². The van der Waals surface area contributed by atoms with Gasteiger partial charge in [0.1, 0.15) is 6.04 Å². The van der Waals surface area contributed by atoms with Crippen molar-refractivity contribution in [2.24, 2.45) is 5.73 Å². The van der Waals surface area contributed by atoms with E-state index in [1.165, 1.54) is 29.2 Å². The van der Waals surface area contributed by atoms with Crippen molar-refractivity contribution in [3.8, 4) is 0 Å². The average molecular weight is 329 g/mol. The minimum absolute atomic E-state index is 0. The summed E-state index contributed by atoms with van der Waals surface area (Å²) in [6.45, 7) is 0.399. The molecule has 22 heavy (non-hydrogen) atoms. The summed E-state index contributed by atoms with van der Waals surface area (Å²) in [4.78, 5) is 35.4. The van der Waals surface area contributed by atoms with Crippen molar-refractivity contribution in [1.29, 1.82) is 0 Å². The predicted octanol–water partition coefficient (Wildman–Crippen LogP) is 0.905. The fourth-order valence-electron chi connectivity index (χ4n) is 2.35. The largest absolute Gasteiger partial charge is 0.330 e. The maximum absolute atomic E-state index is 12.2. The Kier molecular flexibility index (Phi) is 6.26. The van der Waals surface area contributed by atoms with Crippen LogP contribution in [0.15, 0.2) is 24.3 Å². The molecule has 8 nitrogen and oxygen atoms in total. The van der Waals surface area contributed by atoms with Gasteiger partial charge in [-0.1, -0.05) is 0 Å². The number of hydrogen-bond acceptors (Lipinski definition) is 5. The number of carbonyl (C=O) groups excluding carboxylic acids is 2. The van der Waals surface area contributed by atoms with E-state index < -0.39 is 11.0 Å². The first-order valence-corrected chi connectivity index (χ1v) is 6.58. The summed E-state index contributed by atoms with van der Waals surface area (Å²) in [5.41, 5.74) is 5.73. The molecule has 0 spiro atoms. The monoisotopic (exact) mass is 328 g/mol. The highest BCUT2D eigenvalue weighted by molar-refractivity contribution is 5.97. The van der Waals surface area contributed by atoms with Crippen LogP contribution in [0.4, 0.5) is 11.4 Å². The zero-order valence-electron chi connectivity index (χ0n) is 11.7. The molecule has 0 aliphatic carbocycles. The highest BCUT2D eigenvalue weighted by atomic mass is 35.5. The van der Waals surface area contributed by atoms with E-state index in [1.54, 1.807) is 0 Å². The summed E-state index contributed by atoms with van der Waals surface area (Å²) in [6.07, 6.45) is 1.34. The zero-order valence-corrected chi connectivity index (χ0v) is 12.5. The molecule has 0 radical (unpaired) electrons. The van der Waals surface area contributed by atoms with Crippen LogP contribution in [0.25, 0.3) is 0 Å². The zero-order chi connectivity index (χ0) is 15.4. The van der Waals surface area contributed by atoms with E-state index in [4.69, 9.17) is 5.73 Å². The van der Waals surface area contributed by atoms with Gasteiger partial charge in [0.2, 0.25) is 11.8 Å². The van der Waals surface area contributed by atoms with Crippen LogP contribution < -0.4 is 11.1 Å². The Morgan fingerprint density at radius 1 is 1.36 bits per heavy atom. The average Bonchev–Trinajstić information content (AvgIpc) is 2.96. The molecule has 120 valence electrons. The number of amides is 2. The molecular weight excluding hydrogens is 312 g/mol. The summed E-state index contributed by atoms with van der Waals surface area (Å²) < 4.78 is 0. The predicted molar refractivity (Wildman–Crippen MR) is 82.8 cm³/mol. The molecule has 1 heterocycles. The van der Waals surface area contributed by atoms with E-state index in [0.29, 0.717) is 18.7 Å². The number of nitrogens with zero attached hydrogens (tertiary/aromatic N) is 2.